The van der Waals surface area contributed by atoms with Gasteiger partial charge in [-0.2, -0.15) is 0 Å². The molecule has 2 aromatic heterocycles. The lowest BCUT2D eigenvalue weighted by atomic mass is 10.1. The van der Waals surface area contributed by atoms with Crippen molar-refractivity contribution in [3.8, 4) is 0 Å². The van der Waals surface area contributed by atoms with Crippen LogP contribution in [-0.2, 0) is 26.7 Å². The van der Waals surface area contributed by atoms with Crippen molar-refractivity contribution in [2.75, 3.05) is 13.2 Å². The second kappa shape index (κ2) is 10.7. The summed E-state index contributed by atoms with van der Waals surface area (Å²) in [6.45, 7) is 1.46. The maximum Gasteiger partial charge on any atom is 0.319 e. The fourth-order valence-electron chi connectivity index (χ4n) is 5.06. The summed E-state index contributed by atoms with van der Waals surface area (Å²) in [7, 11) is -2.69. The van der Waals surface area contributed by atoms with E-state index in [4.69, 9.17) is 55.5 Å². The number of hydrogen-bond acceptors (Lipinski definition) is 3. The van der Waals surface area contributed by atoms with Crippen molar-refractivity contribution in [2.45, 2.75) is 13.1 Å². The standard InChI is InChI=1S/C28H21Cl4N2O3P/c29-17-1-5-25-21(13-17)22-14-18(30)2-6-26(22)33(25)9-11-36-38(35)37-12-10-34-27-7-3-19(31)15-23(27)24-16-20(32)4-8-28(24)34/h1-8,13-16,38H,9-12H2. The molecule has 0 amide bonds. The Morgan fingerprint density at radius 2 is 0.816 bits per heavy atom. The smallest absolute Gasteiger partial charge is 0.319 e. The number of rotatable bonds is 8. The molecule has 0 spiro atoms. The van der Waals surface area contributed by atoms with Gasteiger partial charge in [-0.3, -0.25) is 4.57 Å². The molecule has 6 rings (SSSR count). The summed E-state index contributed by atoms with van der Waals surface area (Å²) in [5.74, 6) is 0. The lowest BCUT2D eigenvalue weighted by Crippen LogP contribution is -2.05. The van der Waals surface area contributed by atoms with E-state index in [1.165, 1.54) is 0 Å². The van der Waals surface area contributed by atoms with Gasteiger partial charge in [0.1, 0.15) is 0 Å². The van der Waals surface area contributed by atoms with Crippen LogP contribution in [0.1, 0.15) is 0 Å². The molecule has 0 bridgehead atoms. The number of halogens is 4. The highest BCUT2D eigenvalue weighted by atomic mass is 35.5. The lowest BCUT2D eigenvalue weighted by Gasteiger charge is -2.10. The average molecular weight is 606 g/mol. The van der Waals surface area contributed by atoms with Gasteiger partial charge in [-0.15, -0.1) is 0 Å². The highest BCUT2D eigenvalue weighted by molar-refractivity contribution is 7.33. The zero-order valence-electron chi connectivity index (χ0n) is 19.9. The molecule has 0 fully saturated rings. The minimum absolute atomic E-state index is 0.230. The molecule has 0 aliphatic heterocycles. The molecule has 0 saturated heterocycles. The van der Waals surface area contributed by atoms with Gasteiger partial charge in [0.2, 0.25) is 0 Å². The first kappa shape index (κ1) is 26.0. The van der Waals surface area contributed by atoms with Crippen LogP contribution in [0.2, 0.25) is 20.1 Å². The second-order valence-electron chi connectivity index (χ2n) is 8.90. The normalized spacial score (nSPS) is 12.1. The molecule has 194 valence electrons. The Balaban J connectivity index is 1.14. The van der Waals surface area contributed by atoms with Crippen molar-refractivity contribution in [1.29, 1.82) is 0 Å². The third kappa shape index (κ3) is 4.94. The quantitative estimate of drug-likeness (QED) is 0.162. The zero-order chi connectivity index (χ0) is 26.4. The zero-order valence-corrected chi connectivity index (χ0v) is 23.9. The molecule has 0 atom stereocenters. The van der Waals surface area contributed by atoms with Gasteiger partial charge in [-0.05, 0) is 72.8 Å². The molecule has 0 unspecified atom stereocenters. The molecule has 5 nitrogen and oxygen atoms in total. The van der Waals surface area contributed by atoms with Crippen LogP contribution in [0.3, 0.4) is 0 Å². The molecule has 0 aliphatic carbocycles. The molecule has 0 N–H and O–H groups in total. The van der Waals surface area contributed by atoms with Crippen molar-refractivity contribution in [3.05, 3.63) is 92.9 Å². The van der Waals surface area contributed by atoms with Crippen LogP contribution in [-0.4, -0.2) is 22.3 Å². The Kier molecular flexibility index (Phi) is 7.36. The van der Waals surface area contributed by atoms with Gasteiger partial charge in [-0.1, -0.05) is 46.4 Å². The van der Waals surface area contributed by atoms with Crippen LogP contribution in [0.15, 0.2) is 72.8 Å². The van der Waals surface area contributed by atoms with Crippen LogP contribution in [0.5, 0.6) is 0 Å². The van der Waals surface area contributed by atoms with E-state index in [1.807, 2.05) is 72.8 Å². The third-order valence-corrected chi connectivity index (χ3v) is 8.47. The van der Waals surface area contributed by atoms with Crippen LogP contribution in [0.25, 0.3) is 43.6 Å². The molecule has 2 heterocycles. The molecule has 38 heavy (non-hydrogen) atoms. The van der Waals surface area contributed by atoms with E-state index < -0.39 is 8.25 Å². The Labute approximate surface area is 239 Å². The van der Waals surface area contributed by atoms with Gasteiger partial charge >= 0.3 is 8.25 Å². The summed E-state index contributed by atoms with van der Waals surface area (Å²) < 4.78 is 28.0. The number of benzene rings is 4. The second-order valence-corrected chi connectivity index (χ2v) is 11.7. The van der Waals surface area contributed by atoms with Gasteiger partial charge in [-0.25, -0.2) is 0 Å². The highest BCUT2D eigenvalue weighted by Gasteiger charge is 2.14. The number of hydrogen-bond donors (Lipinski definition) is 0. The van der Waals surface area contributed by atoms with Crippen LogP contribution < -0.4 is 0 Å². The summed E-state index contributed by atoms with van der Waals surface area (Å²) in [5.41, 5.74) is 4.01. The summed E-state index contributed by atoms with van der Waals surface area (Å²) in [4.78, 5) is 0. The average Bonchev–Trinajstić information content (AvgIpc) is 3.35. The van der Waals surface area contributed by atoms with Gasteiger partial charge < -0.3 is 18.2 Å². The SMILES string of the molecule is O=[PH](OCCn1c2ccc(Cl)cc2c2cc(Cl)ccc21)OCCn1c2ccc(Cl)cc2c2cc(Cl)ccc21. The minimum atomic E-state index is -2.69. The molecular weight excluding hydrogens is 585 g/mol. The molecule has 0 saturated carbocycles. The number of fused-ring (bicyclic) bond motifs is 6. The van der Waals surface area contributed by atoms with Gasteiger partial charge in [0.05, 0.1) is 13.2 Å². The molecule has 6 aromatic rings. The van der Waals surface area contributed by atoms with Crippen molar-refractivity contribution >= 4 is 98.3 Å². The van der Waals surface area contributed by atoms with E-state index in [1.54, 1.807) is 0 Å². The monoisotopic (exact) mass is 604 g/mol. The molecular formula is C28H21Cl4N2O3P. The van der Waals surface area contributed by atoms with Crippen LogP contribution >= 0.6 is 54.7 Å². The largest absolute Gasteiger partial charge is 0.338 e. The highest BCUT2D eigenvalue weighted by Crippen LogP contribution is 2.35. The van der Waals surface area contributed by atoms with E-state index >= 15 is 0 Å². The van der Waals surface area contributed by atoms with E-state index in [-0.39, 0.29) is 13.2 Å². The lowest BCUT2D eigenvalue weighted by molar-refractivity contribution is 0.216. The first-order valence-corrected chi connectivity index (χ1v) is 14.7. The Hall–Kier alpha value is -2.21. The molecule has 0 radical (unpaired) electrons. The summed E-state index contributed by atoms with van der Waals surface area (Å²) in [6, 6.07) is 23.0. The summed E-state index contributed by atoms with van der Waals surface area (Å²) in [5, 5.41) is 6.64. The van der Waals surface area contributed by atoms with E-state index in [2.05, 4.69) is 9.13 Å². The van der Waals surface area contributed by atoms with E-state index in [0.717, 1.165) is 43.6 Å². The van der Waals surface area contributed by atoms with Crippen molar-refractivity contribution in [1.82, 2.24) is 9.13 Å². The minimum Gasteiger partial charge on any atom is -0.338 e. The Morgan fingerprint density at radius 3 is 1.11 bits per heavy atom. The van der Waals surface area contributed by atoms with Crippen molar-refractivity contribution in [2.24, 2.45) is 0 Å². The summed E-state index contributed by atoms with van der Waals surface area (Å²) >= 11 is 25.0. The predicted molar refractivity (Wildman–Crippen MR) is 160 cm³/mol. The fourth-order valence-corrected chi connectivity index (χ4v) is 6.35. The van der Waals surface area contributed by atoms with Gasteiger partial charge in [0.25, 0.3) is 0 Å². The van der Waals surface area contributed by atoms with Crippen molar-refractivity contribution in [3.63, 3.8) is 0 Å². The fraction of sp³-hybridized carbons (Fsp3) is 0.143. The van der Waals surface area contributed by atoms with E-state index in [9.17, 15) is 4.57 Å². The van der Waals surface area contributed by atoms with E-state index in [0.29, 0.717) is 33.2 Å². The van der Waals surface area contributed by atoms with Gasteiger partial charge in [0, 0.05) is 76.8 Å². The number of nitrogens with zero attached hydrogens (tertiary/aromatic N) is 2. The molecule has 0 aliphatic rings. The third-order valence-electron chi connectivity index (χ3n) is 6.65. The molecule has 10 heteroatoms. The van der Waals surface area contributed by atoms with Gasteiger partial charge in [0.15, 0.2) is 0 Å². The maximum absolute atomic E-state index is 12.6. The predicted octanol–water partition coefficient (Wildman–Crippen LogP) is 9.64. The number of aromatic nitrogens is 2. The van der Waals surface area contributed by atoms with Crippen LogP contribution in [0, 0.1) is 0 Å². The maximum atomic E-state index is 12.6. The topological polar surface area (TPSA) is 45.4 Å². The van der Waals surface area contributed by atoms with Crippen molar-refractivity contribution < 1.29 is 13.6 Å². The Bertz CT molecular complexity index is 1610. The molecule has 4 aromatic carbocycles. The summed E-state index contributed by atoms with van der Waals surface area (Å²) in [6.07, 6.45) is 0. The van der Waals surface area contributed by atoms with Crippen LogP contribution in [0.4, 0.5) is 0 Å². The first-order chi connectivity index (χ1) is 18.4. The Morgan fingerprint density at radius 1 is 0.526 bits per heavy atom. The first-order valence-electron chi connectivity index (χ1n) is 11.9.